The number of carbonyl (C=O) groups excluding carboxylic acids is 2. The van der Waals surface area contributed by atoms with Crippen LogP contribution in [-0.4, -0.2) is 23.1 Å². The molecular weight excluding hydrogens is 360 g/mol. The van der Waals surface area contributed by atoms with Gasteiger partial charge in [-0.05, 0) is 41.3 Å². The Morgan fingerprint density at radius 1 is 1.12 bits per heavy atom. The lowest BCUT2D eigenvalue weighted by atomic mass is 10.2. The molecule has 5 nitrogen and oxygen atoms in total. The summed E-state index contributed by atoms with van der Waals surface area (Å²) in [6.07, 6.45) is 3.69. The molecule has 3 aromatic rings. The second kappa shape index (κ2) is 8.00. The van der Waals surface area contributed by atoms with Crippen LogP contribution in [0.2, 0.25) is 5.02 Å². The van der Waals surface area contributed by atoms with Gasteiger partial charge in [0, 0.05) is 24.0 Å². The first-order valence-corrected chi connectivity index (χ1v) is 8.78. The highest BCUT2D eigenvalue weighted by atomic mass is 35.5. The maximum atomic E-state index is 12.2. The first kappa shape index (κ1) is 17.3. The van der Waals surface area contributed by atoms with E-state index in [0.29, 0.717) is 16.4 Å². The van der Waals surface area contributed by atoms with Gasteiger partial charge in [-0.2, -0.15) is 0 Å². The Morgan fingerprint density at radius 3 is 2.56 bits per heavy atom. The molecule has 1 amide bonds. The number of nitrogens with one attached hydrogen (secondary N) is 1. The van der Waals surface area contributed by atoms with Crippen LogP contribution in [0.3, 0.4) is 0 Å². The molecule has 0 saturated carbocycles. The van der Waals surface area contributed by atoms with Crippen LogP contribution in [0.1, 0.15) is 15.2 Å². The number of aromatic nitrogens is 1. The number of hydrogen-bond donors (Lipinski definition) is 1. The van der Waals surface area contributed by atoms with Gasteiger partial charge in [-0.25, -0.2) is 4.79 Å². The lowest BCUT2D eigenvalue weighted by molar-refractivity contribution is -0.124. The molecule has 0 spiro atoms. The van der Waals surface area contributed by atoms with Crippen molar-refractivity contribution in [3.05, 3.63) is 75.7 Å². The van der Waals surface area contributed by atoms with E-state index in [9.17, 15) is 9.59 Å². The van der Waals surface area contributed by atoms with E-state index in [-0.39, 0.29) is 12.5 Å². The summed E-state index contributed by atoms with van der Waals surface area (Å²) in [5.41, 5.74) is 1.65. The fourth-order valence-corrected chi connectivity index (χ4v) is 3.11. The third-order valence-electron chi connectivity index (χ3n) is 3.45. The highest BCUT2D eigenvalue weighted by molar-refractivity contribution is 7.12. The summed E-state index contributed by atoms with van der Waals surface area (Å²) >= 11 is 7.09. The molecule has 0 fully saturated rings. The minimum Gasteiger partial charge on any atom is -0.451 e. The second-order valence-electron chi connectivity index (χ2n) is 5.20. The highest BCUT2D eigenvalue weighted by Crippen LogP contribution is 2.22. The zero-order valence-electron chi connectivity index (χ0n) is 13.1. The molecule has 2 aromatic heterocycles. The van der Waals surface area contributed by atoms with Crippen LogP contribution in [0.5, 0.6) is 0 Å². The van der Waals surface area contributed by atoms with Gasteiger partial charge in [0.05, 0.1) is 5.69 Å². The van der Waals surface area contributed by atoms with Crippen LogP contribution in [-0.2, 0) is 16.1 Å². The van der Waals surface area contributed by atoms with Gasteiger partial charge in [0.25, 0.3) is 5.91 Å². The molecule has 7 heteroatoms. The summed E-state index contributed by atoms with van der Waals surface area (Å²) in [6.45, 7) is 0.0244. The van der Waals surface area contributed by atoms with Crippen molar-refractivity contribution in [1.82, 2.24) is 9.88 Å². The van der Waals surface area contributed by atoms with E-state index in [1.54, 1.807) is 12.1 Å². The standard InChI is InChI=1S/C18H15ClN2O3S/c19-14-5-3-13(4-6-14)11-20-16(22)12-24-18(23)17-15(7-10-25-17)21-8-1-2-9-21/h1-10H,11-12H2,(H,20,22). The molecule has 0 radical (unpaired) electrons. The molecule has 0 unspecified atom stereocenters. The predicted octanol–water partition coefficient (Wildman–Crippen LogP) is 3.67. The van der Waals surface area contributed by atoms with Crippen molar-refractivity contribution in [1.29, 1.82) is 0 Å². The monoisotopic (exact) mass is 374 g/mol. The Bertz CT molecular complexity index is 857. The van der Waals surface area contributed by atoms with E-state index in [4.69, 9.17) is 16.3 Å². The topological polar surface area (TPSA) is 60.3 Å². The summed E-state index contributed by atoms with van der Waals surface area (Å²) in [4.78, 5) is 24.5. The van der Waals surface area contributed by atoms with Gasteiger partial charge in [0.1, 0.15) is 4.88 Å². The summed E-state index contributed by atoms with van der Waals surface area (Å²) < 4.78 is 6.95. The molecule has 0 aliphatic heterocycles. The molecule has 25 heavy (non-hydrogen) atoms. The van der Waals surface area contributed by atoms with Crippen LogP contribution in [0.15, 0.2) is 60.2 Å². The average Bonchev–Trinajstić information content (AvgIpc) is 3.29. The van der Waals surface area contributed by atoms with Gasteiger partial charge in [-0.1, -0.05) is 23.7 Å². The SMILES string of the molecule is O=C(COC(=O)c1sccc1-n1cccc1)NCc1ccc(Cl)cc1. The van der Waals surface area contributed by atoms with Crippen LogP contribution < -0.4 is 5.32 Å². The number of nitrogens with zero attached hydrogens (tertiary/aromatic N) is 1. The molecule has 0 bridgehead atoms. The molecule has 0 saturated heterocycles. The number of rotatable bonds is 6. The number of hydrogen-bond acceptors (Lipinski definition) is 4. The lowest BCUT2D eigenvalue weighted by Crippen LogP contribution is -2.28. The summed E-state index contributed by atoms with van der Waals surface area (Å²) in [7, 11) is 0. The van der Waals surface area contributed by atoms with Crippen LogP contribution >= 0.6 is 22.9 Å². The van der Waals surface area contributed by atoms with Gasteiger partial charge >= 0.3 is 5.97 Å². The molecule has 128 valence electrons. The molecule has 0 atom stereocenters. The number of esters is 1. The van der Waals surface area contributed by atoms with Crippen molar-refractivity contribution in [2.75, 3.05) is 6.61 Å². The first-order chi connectivity index (χ1) is 12.1. The molecule has 0 aliphatic carbocycles. The zero-order valence-corrected chi connectivity index (χ0v) is 14.7. The van der Waals surface area contributed by atoms with Gasteiger partial charge in [0.15, 0.2) is 6.61 Å². The van der Waals surface area contributed by atoms with Gasteiger partial charge in [-0.3, -0.25) is 4.79 Å². The van der Waals surface area contributed by atoms with Crippen LogP contribution in [0.25, 0.3) is 5.69 Å². The molecule has 2 heterocycles. The van der Waals surface area contributed by atoms with Crippen molar-refractivity contribution in [2.24, 2.45) is 0 Å². The lowest BCUT2D eigenvalue weighted by Gasteiger charge is -2.08. The zero-order chi connectivity index (χ0) is 17.6. The third-order valence-corrected chi connectivity index (χ3v) is 4.59. The average molecular weight is 375 g/mol. The van der Waals surface area contributed by atoms with Crippen molar-refractivity contribution < 1.29 is 14.3 Å². The van der Waals surface area contributed by atoms with Crippen LogP contribution in [0, 0.1) is 0 Å². The van der Waals surface area contributed by atoms with Gasteiger partial charge in [-0.15, -0.1) is 11.3 Å². The van der Waals surface area contributed by atoms with Crippen molar-refractivity contribution in [2.45, 2.75) is 6.54 Å². The molecule has 3 rings (SSSR count). The first-order valence-electron chi connectivity index (χ1n) is 7.52. The Morgan fingerprint density at radius 2 is 1.84 bits per heavy atom. The minimum atomic E-state index is -0.514. The fourth-order valence-electron chi connectivity index (χ4n) is 2.20. The van der Waals surface area contributed by atoms with E-state index in [2.05, 4.69) is 5.32 Å². The molecular formula is C18H15ClN2O3S. The van der Waals surface area contributed by atoms with E-state index in [1.165, 1.54) is 11.3 Å². The highest BCUT2D eigenvalue weighted by Gasteiger charge is 2.17. The van der Waals surface area contributed by atoms with Crippen LogP contribution in [0.4, 0.5) is 0 Å². The second-order valence-corrected chi connectivity index (χ2v) is 6.56. The summed E-state index contributed by atoms with van der Waals surface area (Å²) in [6, 6.07) is 12.7. The number of amides is 1. The Balaban J connectivity index is 1.51. The quantitative estimate of drug-likeness (QED) is 0.670. The number of ether oxygens (including phenoxy) is 1. The van der Waals surface area contributed by atoms with Gasteiger partial charge in [0.2, 0.25) is 0 Å². The maximum absolute atomic E-state index is 12.2. The normalized spacial score (nSPS) is 10.4. The Kier molecular flexibility index (Phi) is 5.53. The minimum absolute atomic E-state index is 0.324. The molecule has 1 N–H and O–H groups in total. The number of carbonyl (C=O) groups is 2. The van der Waals surface area contributed by atoms with E-state index >= 15 is 0 Å². The Labute approximate surface area is 153 Å². The van der Waals surface area contributed by atoms with E-state index < -0.39 is 5.97 Å². The largest absolute Gasteiger partial charge is 0.451 e. The smallest absolute Gasteiger partial charge is 0.350 e. The fraction of sp³-hybridized carbons (Fsp3) is 0.111. The predicted molar refractivity (Wildman–Crippen MR) is 97.2 cm³/mol. The van der Waals surface area contributed by atoms with Gasteiger partial charge < -0.3 is 14.6 Å². The van der Waals surface area contributed by atoms with E-state index in [0.717, 1.165) is 11.3 Å². The molecule has 1 aromatic carbocycles. The number of benzene rings is 1. The van der Waals surface area contributed by atoms with E-state index in [1.807, 2.05) is 52.7 Å². The molecule has 0 aliphatic rings. The van der Waals surface area contributed by atoms with Crippen molar-refractivity contribution in [3.8, 4) is 5.69 Å². The van der Waals surface area contributed by atoms with Crippen molar-refractivity contribution >= 4 is 34.8 Å². The number of thiophene rings is 1. The Hall–Kier alpha value is -2.57. The third kappa shape index (κ3) is 4.49. The summed E-state index contributed by atoms with van der Waals surface area (Å²) in [5, 5.41) is 5.15. The van der Waals surface area contributed by atoms with Crippen molar-refractivity contribution in [3.63, 3.8) is 0 Å². The maximum Gasteiger partial charge on any atom is 0.350 e. The summed E-state index contributed by atoms with van der Waals surface area (Å²) in [5.74, 6) is -0.872. The number of halogens is 1.